The zero-order valence-corrected chi connectivity index (χ0v) is 10.6. The standard InChI is InChI=1S/C13H18N2O3/c1-3-10(4-2)14-13(18)15-11-7-5-6-9(8-11)12(16)17/h5-8,10H,3-4H2,1-2H3,(H,16,17)(H2,14,15,18). The summed E-state index contributed by atoms with van der Waals surface area (Å²) in [5, 5.41) is 14.3. The van der Waals surface area contributed by atoms with E-state index in [1.807, 2.05) is 13.8 Å². The number of hydrogen-bond donors (Lipinski definition) is 3. The van der Waals surface area contributed by atoms with E-state index in [-0.39, 0.29) is 17.6 Å². The SMILES string of the molecule is CCC(CC)NC(=O)Nc1cccc(C(=O)O)c1. The van der Waals surface area contributed by atoms with E-state index in [4.69, 9.17) is 5.11 Å². The predicted molar refractivity (Wildman–Crippen MR) is 69.9 cm³/mol. The van der Waals surface area contributed by atoms with Crippen LogP contribution in [0.15, 0.2) is 24.3 Å². The Balaban J connectivity index is 2.64. The molecular weight excluding hydrogens is 232 g/mol. The fourth-order valence-electron chi connectivity index (χ4n) is 1.58. The van der Waals surface area contributed by atoms with Crippen molar-refractivity contribution in [2.75, 3.05) is 5.32 Å². The van der Waals surface area contributed by atoms with E-state index in [0.29, 0.717) is 5.69 Å². The van der Waals surface area contributed by atoms with Crippen LogP contribution in [0.25, 0.3) is 0 Å². The molecule has 1 aromatic carbocycles. The molecule has 0 fully saturated rings. The fourth-order valence-corrected chi connectivity index (χ4v) is 1.58. The van der Waals surface area contributed by atoms with E-state index in [1.165, 1.54) is 12.1 Å². The van der Waals surface area contributed by atoms with Crippen LogP contribution in [0.5, 0.6) is 0 Å². The van der Waals surface area contributed by atoms with Crippen molar-refractivity contribution in [3.05, 3.63) is 29.8 Å². The minimum absolute atomic E-state index is 0.132. The summed E-state index contributed by atoms with van der Waals surface area (Å²) >= 11 is 0. The molecule has 0 aliphatic rings. The molecule has 1 rings (SSSR count). The summed E-state index contributed by atoms with van der Waals surface area (Å²) in [5.41, 5.74) is 0.619. The molecule has 1 aromatic rings. The topological polar surface area (TPSA) is 78.4 Å². The number of carboxylic acid groups (broad SMARTS) is 1. The van der Waals surface area contributed by atoms with Crippen LogP contribution in [-0.4, -0.2) is 23.1 Å². The third-order valence-electron chi connectivity index (χ3n) is 2.69. The molecule has 0 bridgehead atoms. The van der Waals surface area contributed by atoms with Crippen LogP contribution in [0.2, 0.25) is 0 Å². The summed E-state index contributed by atoms with van der Waals surface area (Å²) in [6, 6.07) is 5.97. The van der Waals surface area contributed by atoms with Gasteiger partial charge >= 0.3 is 12.0 Å². The average molecular weight is 250 g/mol. The van der Waals surface area contributed by atoms with E-state index in [9.17, 15) is 9.59 Å². The Morgan fingerprint density at radius 1 is 1.28 bits per heavy atom. The van der Waals surface area contributed by atoms with Crippen molar-refractivity contribution in [1.29, 1.82) is 0 Å². The molecule has 0 radical (unpaired) electrons. The Hall–Kier alpha value is -2.04. The van der Waals surface area contributed by atoms with Crippen molar-refractivity contribution in [2.24, 2.45) is 0 Å². The fraction of sp³-hybridized carbons (Fsp3) is 0.385. The summed E-state index contributed by atoms with van der Waals surface area (Å²) in [5.74, 6) is -1.01. The second-order valence-electron chi connectivity index (χ2n) is 4.00. The lowest BCUT2D eigenvalue weighted by Gasteiger charge is -2.15. The van der Waals surface area contributed by atoms with Crippen molar-refractivity contribution in [3.8, 4) is 0 Å². The van der Waals surface area contributed by atoms with Gasteiger partial charge in [-0.1, -0.05) is 19.9 Å². The normalized spacial score (nSPS) is 10.2. The van der Waals surface area contributed by atoms with Crippen LogP contribution in [0.1, 0.15) is 37.0 Å². The number of anilines is 1. The summed E-state index contributed by atoms with van der Waals surface area (Å²) in [6.45, 7) is 4.00. The Morgan fingerprint density at radius 3 is 2.50 bits per heavy atom. The molecule has 0 aromatic heterocycles. The van der Waals surface area contributed by atoms with E-state index in [1.54, 1.807) is 12.1 Å². The lowest BCUT2D eigenvalue weighted by atomic mass is 10.2. The molecule has 0 atom stereocenters. The number of amides is 2. The van der Waals surface area contributed by atoms with Gasteiger partial charge in [-0.15, -0.1) is 0 Å². The highest BCUT2D eigenvalue weighted by Crippen LogP contribution is 2.10. The number of aromatic carboxylic acids is 1. The van der Waals surface area contributed by atoms with E-state index in [2.05, 4.69) is 10.6 Å². The van der Waals surface area contributed by atoms with Gasteiger partial charge in [0.2, 0.25) is 0 Å². The largest absolute Gasteiger partial charge is 0.478 e. The summed E-state index contributed by atoms with van der Waals surface area (Å²) in [7, 11) is 0. The van der Waals surface area contributed by atoms with Gasteiger partial charge in [0.15, 0.2) is 0 Å². The Morgan fingerprint density at radius 2 is 1.94 bits per heavy atom. The molecule has 0 heterocycles. The van der Waals surface area contributed by atoms with Crippen LogP contribution in [-0.2, 0) is 0 Å². The highest BCUT2D eigenvalue weighted by atomic mass is 16.4. The van der Waals surface area contributed by atoms with Crippen LogP contribution in [0.3, 0.4) is 0 Å². The first kappa shape index (κ1) is 14.0. The highest BCUT2D eigenvalue weighted by Gasteiger charge is 2.09. The van der Waals surface area contributed by atoms with Crippen molar-refractivity contribution in [2.45, 2.75) is 32.7 Å². The minimum atomic E-state index is -1.01. The Bertz CT molecular complexity index is 428. The lowest BCUT2D eigenvalue weighted by Crippen LogP contribution is -2.37. The van der Waals surface area contributed by atoms with Crippen molar-refractivity contribution in [1.82, 2.24) is 5.32 Å². The molecule has 2 amide bonds. The number of nitrogens with one attached hydrogen (secondary N) is 2. The van der Waals surface area contributed by atoms with Gasteiger partial charge in [0, 0.05) is 11.7 Å². The number of urea groups is 1. The predicted octanol–water partition coefficient (Wildman–Crippen LogP) is 2.69. The quantitative estimate of drug-likeness (QED) is 0.751. The molecule has 5 heteroatoms. The molecule has 0 aliphatic carbocycles. The average Bonchev–Trinajstić information content (AvgIpc) is 2.36. The number of carbonyl (C=O) groups is 2. The van der Waals surface area contributed by atoms with Gasteiger partial charge in [-0.05, 0) is 31.0 Å². The monoisotopic (exact) mass is 250 g/mol. The minimum Gasteiger partial charge on any atom is -0.478 e. The molecular formula is C13H18N2O3. The molecule has 0 saturated heterocycles. The van der Waals surface area contributed by atoms with Gasteiger partial charge in [-0.25, -0.2) is 9.59 Å². The summed E-state index contributed by atoms with van der Waals surface area (Å²) in [6.07, 6.45) is 1.72. The number of carbonyl (C=O) groups excluding carboxylic acids is 1. The Kier molecular flexibility index (Phi) is 5.17. The number of rotatable bonds is 5. The van der Waals surface area contributed by atoms with Gasteiger partial charge in [0.25, 0.3) is 0 Å². The van der Waals surface area contributed by atoms with Crippen molar-refractivity contribution in [3.63, 3.8) is 0 Å². The highest BCUT2D eigenvalue weighted by molar-refractivity contribution is 5.93. The molecule has 0 spiro atoms. The first-order valence-corrected chi connectivity index (χ1v) is 5.97. The maximum Gasteiger partial charge on any atom is 0.335 e. The molecule has 0 unspecified atom stereocenters. The molecule has 3 N–H and O–H groups in total. The molecule has 5 nitrogen and oxygen atoms in total. The van der Waals surface area contributed by atoms with E-state index < -0.39 is 5.97 Å². The van der Waals surface area contributed by atoms with Gasteiger partial charge in [0.1, 0.15) is 0 Å². The molecule has 18 heavy (non-hydrogen) atoms. The molecule has 98 valence electrons. The summed E-state index contributed by atoms with van der Waals surface area (Å²) < 4.78 is 0. The van der Waals surface area contributed by atoms with Gasteiger partial charge in [0.05, 0.1) is 5.56 Å². The summed E-state index contributed by atoms with van der Waals surface area (Å²) in [4.78, 5) is 22.4. The third kappa shape index (κ3) is 4.08. The van der Waals surface area contributed by atoms with Crippen LogP contribution >= 0.6 is 0 Å². The van der Waals surface area contributed by atoms with Gasteiger partial charge in [-0.2, -0.15) is 0 Å². The van der Waals surface area contributed by atoms with E-state index in [0.717, 1.165) is 12.8 Å². The number of benzene rings is 1. The molecule has 0 saturated carbocycles. The zero-order valence-electron chi connectivity index (χ0n) is 10.6. The number of carboxylic acids is 1. The van der Waals surface area contributed by atoms with Crippen LogP contribution in [0, 0.1) is 0 Å². The number of hydrogen-bond acceptors (Lipinski definition) is 2. The van der Waals surface area contributed by atoms with Crippen molar-refractivity contribution < 1.29 is 14.7 Å². The zero-order chi connectivity index (χ0) is 13.5. The van der Waals surface area contributed by atoms with E-state index >= 15 is 0 Å². The Labute approximate surface area is 106 Å². The smallest absolute Gasteiger partial charge is 0.335 e. The third-order valence-corrected chi connectivity index (χ3v) is 2.69. The maximum atomic E-state index is 11.7. The lowest BCUT2D eigenvalue weighted by molar-refractivity contribution is 0.0697. The van der Waals surface area contributed by atoms with Gasteiger partial charge < -0.3 is 15.7 Å². The second kappa shape index (κ2) is 6.64. The van der Waals surface area contributed by atoms with Crippen LogP contribution in [0.4, 0.5) is 10.5 Å². The van der Waals surface area contributed by atoms with Crippen LogP contribution < -0.4 is 10.6 Å². The maximum absolute atomic E-state index is 11.7. The first-order chi connectivity index (χ1) is 8.56. The second-order valence-corrected chi connectivity index (χ2v) is 4.00. The molecule has 0 aliphatic heterocycles. The van der Waals surface area contributed by atoms with Gasteiger partial charge in [-0.3, -0.25) is 0 Å². The first-order valence-electron chi connectivity index (χ1n) is 5.97. The van der Waals surface area contributed by atoms with Crippen molar-refractivity contribution >= 4 is 17.7 Å².